The number of carbonyl (C=O) groups is 6. The number of ether oxygens (including phenoxy) is 7. The number of aliphatic hydroxyl groups is 1. The van der Waals surface area contributed by atoms with E-state index in [0.29, 0.717) is 96.1 Å². The van der Waals surface area contributed by atoms with Crippen LogP contribution in [0.4, 0.5) is 4.39 Å². The number of carboxylic acid groups (broad SMARTS) is 1. The van der Waals surface area contributed by atoms with E-state index in [-0.39, 0.29) is 169 Å². The van der Waals surface area contributed by atoms with Crippen molar-refractivity contribution in [2.45, 2.75) is 210 Å². The molecule has 0 bridgehead atoms. The van der Waals surface area contributed by atoms with E-state index < -0.39 is 5.97 Å². The van der Waals surface area contributed by atoms with Gasteiger partial charge in [-0.3, -0.25) is 53.7 Å². The Labute approximate surface area is 828 Å². The van der Waals surface area contributed by atoms with Crippen LogP contribution in [-0.2, 0) is 136 Å². The molecule has 7 aromatic heterocycles. The van der Waals surface area contributed by atoms with Crippen LogP contribution in [0, 0.1) is 41.5 Å². The van der Waals surface area contributed by atoms with Crippen LogP contribution in [0.3, 0.4) is 0 Å². The summed E-state index contributed by atoms with van der Waals surface area (Å²) >= 11 is 0. The fourth-order valence-corrected chi connectivity index (χ4v) is 16.5. The average molecular weight is 1940 g/mol. The Hall–Kier alpha value is -10.2. The van der Waals surface area contributed by atoms with Crippen molar-refractivity contribution in [1.29, 1.82) is 0 Å². The second kappa shape index (κ2) is 59.0. The molecule has 6 N–H and O–H groups in total. The summed E-state index contributed by atoms with van der Waals surface area (Å²) in [6.07, 6.45) is 27.7. The standard InChI is InChI=1S/C21H24N2O3.3C18H19NO2.C12H14O3.C11H13NO2.C10H12FNO.Na.2H2O.Pd.H/c24-20(14-17-4-1-2-8-22-17)16-12-18(13-16)26-21-19(5-3-9-23-21)15-6-10-25-11-7-15;3*20-18(12-16-8-4-5-9-19-16)15-10-17(11-15)21-13-14-6-2-1-3-7-14;13-12(14)10-6-11(7-10)15-8-9-4-2-1-3-5-9;13-10-5-8(6-10)11(14)7-9-3-1-2-4-12-9;11-10-9(2-1-5-12-10)8-3-6-13-7-4-8;;;;;/h1-5,8-9,15-16,18H,6-7,10-14H2;3*1-9,15,17H,10-13H2;1-5,10-11H,6-8H2,(H,13,14);1-4,8,10,13H,5-7H2;1-2,5,8H,3-4,6-7H2;;2*1H2;;/q;;;;;;;+1;;;;-1. The molecule has 0 unspecified atom stereocenters. The number of halogens is 1. The topological polar surface area (TPSA) is 361 Å². The van der Waals surface area contributed by atoms with Crippen LogP contribution in [0.25, 0.3) is 0 Å². The van der Waals surface area contributed by atoms with Crippen molar-refractivity contribution in [1.82, 2.24) is 34.9 Å². The molecule has 2 aliphatic heterocycles. The third-order valence-electron chi connectivity index (χ3n) is 25.1. The van der Waals surface area contributed by atoms with Crippen LogP contribution in [0.2, 0.25) is 0 Å². The van der Waals surface area contributed by atoms with E-state index in [0.717, 1.165) is 149 Å². The number of Topliss-reactive ketones (excluding diaryl/α,β-unsaturated/α-hetero) is 5. The Balaban J connectivity index is 0.000000196. The summed E-state index contributed by atoms with van der Waals surface area (Å²) in [4.78, 5) is 99.9. The van der Waals surface area contributed by atoms with Crippen molar-refractivity contribution < 1.29 is 139 Å². The minimum absolute atomic E-state index is 0. The molecule has 8 aliphatic rings. The van der Waals surface area contributed by atoms with Crippen molar-refractivity contribution in [3.8, 4) is 5.88 Å². The van der Waals surface area contributed by atoms with Gasteiger partial charge in [0.2, 0.25) is 11.8 Å². The Morgan fingerprint density at radius 2 is 0.570 bits per heavy atom. The van der Waals surface area contributed by atoms with Crippen molar-refractivity contribution in [2.24, 2.45) is 35.5 Å². The SMILES string of the molecule is Fc1ncccc1C1CCOCC1.O.O.O=C(Cc1ccccn1)C1CC(O)C1.O=C(Cc1ccccn1)C1CC(OCc2ccccc2)C1.O=C(Cc1ccccn1)C1CC(OCc2ccccc2)C1.O=C(Cc1ccccn1)C1CC(OCc2ccccc2)C1.O=C(Cc1ccccn1)C1CC(Oc2ncccc2C2CCOCC2)C1.O=C(O)C1CC(OCc2ccccc2)C1.[H-].[Na+].[Pd]. The summed E-state index contributed by atoms with van der Waals surface area (Å²) in [5.41, 5.74) is 10.8. The molecule has 0 radical (unpaired) electrons. The largest absolute Gasteiger partial charge is 1.00 e. The van der Waals surface area contributed by atoms with Gasteiger partial charge in [0.15, 0.2) is 0 Å². The molecule has 4 aromatic carbocycles. The van der Waals surface area contributed by atoms with Gasteiger partial charge in [-0.05, 0) is 210 Å². The zero-order valence-corrected chi connectivity index (χ0v) is 80.2. The monoisotopic (exact) mass is 1940 g/mol. The van der Waals surface area contributed by atoms with Crippen LogP contribution in [-0.4, -0.2) is 154 Å². The van der Waals surface area contributed by atoms with E-state index in [1.54, 1.807) is 43.2 Å². The predicted molar refractivity (Wildman–Crippen MR) is 502 cm³/mol. The van der Waals surface area contributed by atoms with Gasteiger partial charge in [-0.2, -0.15) is 4.39 Å². The summed E-state index contributed by atoms with van der Waals surface area (Å²) in [5, 5.41) is 17.7. The van der Waals surface area contributed by atoms with Crippen molar-refractivity contribution in [2.75, 3.05) is 26.4 Å². The van der Waals surface area contributed by atoms with Gasteiger partial charge >= 0.3 is 35.5 Å². The molecule has 0 amide bonds. The maximum atomic E-state index is 13.2. The molecule has 0 atom stereocenters. The summed E-state index contributed by atoms with van der Waals surface area (Å²) in [6, 6.07) is 76.3. The zero-order valence-electron chi connectivity index (χ0n) is 77.7. The van der Waals surface area contributed by atoms with Crippen LogP contribution in [0.5, 0.6) is 5.88 Å². The van der Waals surface area contributed by atoms with Gasteiger partial charge in [0, 0.05) is 192 Å². The first-order chi connectivity index (χ1) is 64.1. The molecule has 24 nitrogen and oxygen atoms in total. The van der Waals surface area contributed by atoms with Gasteiger partial charge in [-0.1, -0.05) is 164 Å². The molecule has 712 valence electrons. The number of benzene rings is 4. The molecule has 6 aliphatic carbocycles. The van der Waals surface area contributed by atoms with Crippen LogP contribution in [0.1, 0.15) is 178 Å². The van der Waals surface area contributed by atoms with Gasteiger partial charge in [0.05, 0.1) is 62.9 Å². The normalized spacial score (nSPS) is 21.3. The fourth-order valence-electron chi connectivity index (χ4n) is 16.5. The Kier molecular flexibility index (Phi) is 47.4. The van der Waals surface area contributed by atoms with Crippen molar-refractivity contribution in [3.05, 3.63) is 348 Å². The van der Waals surface area contributed by atoms with Gasteiger partial charge in [-0.25, -0.2) is 9.97 Å². The second-order valence-electron chi connectivity index (χ2n) is 34.8. The summed E-state index contributed by atoms with van der Waals surface area (Å²) < 4.78 is 53.1. The van der Waals surface area contributed by atoms with Crippen molar-refractivity contribution in [3.63, 3.8) is 0 Å². The molecule has 11 aromatic rings. The Morgan fingerprint density at radius 3 is 0.844 bits per heavy atom. The van der Waals surface area contributed by atoms with E-state index in [2.05, 4.69) is 77.4 Å². The Bertz CT molecular complexity index is 4970. The van der Waals surface area contributed by atoms with Crippen molar-refractivity contribution >= 4 is 34.9 Å². The molecule has 0 spiro atoms. The molecular weight excluding hydrogens is 1820 g/mol. The van der Waals surface area contributed by atoms with Crippen LogP contribution >= 0.6 is 0 Å². The zero-order chi connectivity index (χ0) is 91.0. The Morgan fingerprint density at radius 1 is 0.319 bits per heavy atom. The second-order valence-corrected chi connectivity index (χ2v) is 34.8. The molecule has 8 fully saturated rings. The van der Waals surface area contributed by atoms with Gasteiger partial charge in [0.1, 0.15) is 35.0 Å². The third kappa shape index (κ3) is 36.7. The number of rotatable bonds is 32. The molecule has 2 saturated heterocycles. The first-order valence-corrected chi connectivity index (χ1v) is 46.1. The van der Waals surface area contributed by atoms with E-state index in [4.69, 9.17) is 43.4 Å². The first-order valence-electron chi connectivity index (χ1n) is 46.1. The number of ketones is 5. The smallest absolute Gasteiger partial charge is 1.00 e. The van der Waals surface area contributed by atoms with E-state index in [9.17, 15) is 33.2 Å². The van der Waals surface area contributed by atoms with Crippen LogP contribution < -0.4 is 34.3 Å². The maximum Gasteiger partial charge on any atom is 1.00 e. The summed E-state index contributed by atoms with van der Waals surface area (Å²) in [5.74, 6) is 2.17. The molecular formula is C108H125FN7NaO17Pd. The summed E-state index contributed by atoms with van der Waals surface area (Å²) in [6.45, 7) is 5.54. The number of hydrogen-bond acceptors (Lipinski definition) is 21. The van der Waals surface area contributed by atoms with Gasteiger partial charge in [-0.15, -0.1) is 0 Å². The first kappa shape index (κ1) is 108. The minimum atomic E-state index is -0.699. The van der Waals surface area contributed by atoms with Gasteiger partial charge < -0.3 is 55.8 Å². The van der Waals surface area contributed by atoms with E-state index in [1.807, 2.05) is 188 Å². The molecule has 6 saturated carbocycles. The summed E-state index contributed by atoms with van der Waals surface area (Å²) in [7, 11) is 0. The maximum absolute atomic E-state index is 13.2. The molecule has 9 heterocycles. The minimum Gasteiger partial charge on any atom is -1.00 e. The fraction of sp³-hybridized carbons (Fsp3) is 0.398. The third-order valence-corrected chi connectivity index (χ3v) is 25.1. The number of aromatic nitrogens is 7. The number of pyridine rings is 7. The number of aliphatic carboxylic acids is 1. The van der Waals surface area contributed by atoms with E-state index >= 15 is 0 Å². The number of hydrogen-bond donors (Lipinski definition) is 2. The van der Waals surface area contributed by atoms with E-state index in [1.165, 1.54) is 28.5 Å². The number of carbonyl (C=O) groups excluding carboxylic acids is 5. The quantitative estimate of drug-likeness (QED) is 0.0292. The van der Waals surface area contributed by atoms with Gasteiger partial charge in [0.25, 0.3) is 0 Å². The average Bonchev–Trinajstić information content (AvgIpc) is 0.802. The number of carboxylic acids is 1. The molecule has 27 heteroatoms. The van der Waals surface area contributed by atoms with Crippen LogP contribution in [0.15, 0.2) is 280 Å². The number of nitrogens with zero attached hydrogens (tertiary/aromatic N) is 7. The predicted octanol–water partition coefficient (Wildman–Crippen LogP) is 13.5. The molecule has 19 rings (SSSR count). The number of aliphatic hydroxyl groups excluding tert-OH is 1. The molecule has 135 heavy (non-hydrogen) atoms.